The van der Waals surface area contributed by atoms with Crippen molar-refractivity contribution in [3.8, 4) is 5.13 Å². The highest BCUT2D eigenvalue weighted by Crippen LogP contribution is 2.31. The Kier molecular flexibility index (Phi) is 5.39. The largest absolute Gasteiger partial charge is 0.306 e. The Morgan fingerprint density at radius 1 is 1.25 bits per heavy atom. The standard InChI is InChI=1S/C20H17ClN4OS2/c1-3-27-15-9-5-4-7-13(15)19(26)22-17-11-12(2)24-25(17)20-23-18-14(21)8-6-10-16(18)28-20/h4-11H,3H2,1-2H3,(H,22,26). The maximum Gasteiger partial charge on any atom is 0.257 e. The van der Waals surface area contributed by atoms with E-state index in [9.17, 15) is 4.79 Å². The van der Waals surface area contributed by atoms with Gasteiger partial charge in [-0.3, -0.25) is 4.79 Å². The quantitative estimate of drug-likeness (QED) is 0.407. The first kappa shape index (κ1) is 19.0. The summed E-state index contributed by atoms with van der Waals surface area (Å²) in [5, 5.41) is 8.75. The minimum Gasteiger partial charge on any atom is -0.306 e. The van der Waals surface area contributed by atoms with Crippen LogP contribution in [-0.4, -0.2) is 26.4 Å². The summed E-state index contributed by atoms with van der Waals surface area (Å²) in [5.41, 5.74) is 2.17. The molecule has 2 heterocycles. The lowest BCUT2D eigenvalue weighted by Crippen LogP contribution is -2.16. The molecule has 2 aromatic heterocycles. The molecule has 0 unspecified atom stereocenters. The second kappa shape index (κ2) is 7.95. The number of halogens is 1. The van der Waals surface area contributed by atoms with Crippen LogP contribution in [-0.2, 0) is 0 Å². The van der Waals surface area contributed by atoms with Gasteiger partial charge in [-0.2, -0.15) is 9.78 Å². The van der Waals surface area contributed by atoms with Crippen LogP contribution in [0.25, 0.3) is 15.3 Å². The minimum absolute atomic E-state index is 0.170. The molecular formula is C20H17ClN4OS2. The molecule has 0 aliphatic heterocycles. The fraction of sp³-hybridized carbons (Fsp3) is 0.150. The number of aromatic nitrogens is 3. The van der Waals surface area contributed by atoms with Crippen molar-refractivity contribution in [1.29, 1.82) is 0 Å². The number of hydrogen-bond donors (Lipinski definition) is 1. The van der Waals surface area contributed by atoms with Crippen LogP contribution in [0, 0.1) is 6.92 Å². The summed E-state index contributed by atoms with van der Waals surface area (Å²) in [7, 11) is 0. The number of hydrogen-bond acceptors (Lipinski definition) is 5. The van der Waals surface area contributed by atoms with Crippen molar-refractivity contribution in [2.24, 2.45) is 0 Å². The third-order valence-electron chi connectivity index (χ3n) is 4.04. The molecule has 5 nitrogen and oxygen atoms in total. The van der Waals surface area contributed by atoms with E-state index >= 15 is 0 Å². The first-order valence-corrected chi connectivity index (χ1v) is 10.9. The number of nitrogens with one attached hydrogen (secondary N) is 1. The van der Waals surface area contributed by atoms with Crippen molar-refractivity contribution in [2.45, 2.75) is 18.7 Å². The normalized spacial score (nSPS) is 11.1. The molecule has 2 aromatic carbocycles. The van der Waals surface area contributed by atoms with Gasteiger partial charge in [0.2, 0.25) is 5.13 Å². The van der Waals surface area contributed by atoms with Gasteiger partial charge in [0.1, 0.15) is 11.3 Å². The number of carbonyl (C=O) groups excluding carboxylic acids is 1. The lowest BCUT2D eigenvalue weighted by atomic mass is 10.2. The Hall–Kier alpha value is -2.35. The van der Waals surface area contributed by atoms with E-state index in [2.05, 4.69) is 22.3 Å². The Labute approximate surface area is 175 Å². The van der Waals surface area contributed by atoms with Gasteiger partial charge in [-0.05, 0) is 36.9 Å². The predicted molar refractivity (Wildman–Crippen MR) is 117 cm³/mol. The van der Waals surface area contributed by atoms with Crippen LogP contribution >= 0.6 is 34.7 Å². The van der Waals surface area contributed by atoms with Crippen molar-refractivity contribution in [2.75, 3.05) is 11.1 Å². The zero-order valence-corrected chi connectivity index (χ0v) is 17.7. The van der Waals surface area contributed by atoms with Gasteiger partial charge in [0.05, 0.1) is 21.0 Å². The molecule has 0 radical (unpaired) electrons. The number of carbonyl (C=O) groups is 1. The minimum atomic E-state index is -0.170. The Bertz CT molecular complexity index is 1170. The first-order chi connectivity index (χ1) is 13.6. The van der Waals surface area contributed by atoms with E-state index in [1.807, 2.05) is 55.5 Å². The fourth-order valence-corrected chi connectivity index (χ4v) is 4.88. The number of anilines is 1. The zero-order chi connectivity index (χ0) is 19.7. The average molecular weight is 429 g/mol. The highest BCUT2D eigenvalue weighted by Gasteiger charge is 2.17. The molecule has 0 spiro atoms. The molecule has 0 bridgehead atoms. The summed E-state index contributed by atoms with van der Waals surface area (Å²) >= 11 is 9.38. The van der Waals surface area contributed by atoms with E-state index < -0.39 is 0 Å². The molecule has 0 saturated carbocycles. The van der Waals surface area contributed by atoms with E-state index in [1.54, 1.807) is 16.4 Å². The van der Waals surface area contributed by atoms with Gasteiger partial charge in [0, 0.05) is 11.0 Å². The maximum absolute atomic E-state index is 12.9. The van der Waals surface area contributed by atoms with E-state index in [0.29, 0.717) is 21.5 Å². The molecular weight excluding hydrogens is 412 g/mol. The summed E-state index contributed by atoms with van der Waals surface area (Å²) in [6.07, 6.45) is 0. The van der Waals surface area contributed by atoms with Gasteiger partial charge >= 0.3 is 0 Å². The number of para-hydroxylation sites is 1. The first-order valence-electron chi connectivity index (χ1n) is 8.72. The lowest BCUT2D eigenvalue weighted by molar-refractivity contribution is 0.102. The lowest BCUT2D eigenvalue weighted by Gasteiger charge is -2.09. The van der Waals surface area contributed by atoms with Crippen LogP contribution < -0.4 is 5.32 Å². The molecule has 0 fully saturated rings. The van der Waals surface area contributed by atoms with Gasteiger partial charge in [0.15, 0.2) is 0 Å². The summed E-state index contributed by atoms with van der Waals surface area (Å²) in [5.74, 6) is 1.30. The van der Waals surface area contributed by atoms with Gasteiger partial charge in [-0.15, -0.1) is 11.8 Å². The Morgan fingerprint density at radius 2 is 2.07 bits per heavy atom. The maximum atomic E-state index is 12.9. The molecule has 0 saturated heterocycles. The number of nitrogens with zero attached hydrogens (tertiary/aromatic N) is 3. The molecule has 0 aliphatic carbocycles. The number of benzene rings is 2. The van der Waals surface area contributed by atoms with Crippen LogP contribution in [0.4, 0.5) is 5.82 Å². The van der Waals surface area contributed by atoms with Crippen LogP contribution in [0.3, 0.4) is 0 Å². The number of amides is 1. The van der Waals surface area contributed by atoms with Crippen LogP contribution in [0.1, 0.15) is 23.0 Å². The molecule has 4 rings (SSSR count). The summed E-state index contributed by atoms with van der Waals surface area (Å²) in [6, 6.07) is 15.1. The molecule has 142 valence electrons. The third kappa shape index (κ3) is 3.65. The summed E-state index contributed by atoms with van der Waals surface area (Å²) in [4.78, 5) is 18.5. The second-order valence-electron chi connectivity index (χ2n) is 6.05. The zero-order valence-electron chi connectivity index (χ0n) is 15.3. The molecule has 0 atom stereocenters. The van der Waals surface area contributed by atoms with Gasteiger partial charge in [0.25, 0.3) is 5.91 Å². The molecule has 0 aliphatic rings. The number of thiazole rings is 1. The monoisotopic (exact) mass is 428 g/mol. The van der Waals surface area contributed by atoms with Crippen molar-refractivity contribution < 1.29 is 4.79 Å². The SMILES string of the molecule is CCSc1ccccc1C(=O)Nc1cc(C)nn1-c1nc2c(Cl)cccc2s1. The third-order valence-corrected chi connectivity index (χ3v) is 6.30. The van der Waals surface area contributed by atoms with Crippen LogP contribution in [0.2, 0.25) is 5.02 Å². The average Bonchev–Trinajstić information content (AvgIpc) is 3.26. The molecule has 1 amide bonds. The fourth-order valence-electron chi connectivity index (χ4n) is 2.85. The van der Waals surface area contributed by atoms with E-state index in [4.69, 9.17) is 11.6 Å². The summed E-state index contributed by atoms with van der Waals surface area (Å²) < 4.78 is 2.63. The topological polar surface area (TPSA) is 59.8 Å². The van der Waals surface area contributed by atoms with Crippen molar-refractivity contribution >= 4 is 56.6 Å². The molecule has 1 N–H and O–H groups in total. The van der Waals surface area contributed by atoms with Crippen LogP contribution in [0.15, 0.2) is 53.4 Å². The second-order valence-corrected chi connectivity index (χ2v) is 8.77. The number of aryl methyl sites for hydroxylation is 1. The van der Waals surface area contributed by atoms with Crippen molar-refractivity contribution in [1.82, 2.24) is 14.8 Å². The molecule has 4 aromatic rings. The van der Waals surface area contributed by atoms with Crippen LogP contribution in [0.5, 0.6) is 0 Å². The predicted octanol–water partition coefficient (Wildman–Crippen LogP) is 5.81. The van der Waals surface area contributed by atoms with Crippen molar-refractivity contribution in [3.05, 3.63) is 64.8 Å². The smallest absolute Gasteiger partial charge is 0.257 e. The van der Waals surface area contributed by atoms with E-state index in [0.717, 1.165) is 26.6 Å². The number of thioether (sulfide) groups is 1. The molecule has 8 heteroatoms. The van der Waals surface area contributed by atoms with E-state index in [1.165, 1.54) is 11.3 Å². The van der Waals surface area contributed by atoms with Gasteiger partial charge in [-0.1, -0.05) is 48.1 Å². The Balaban J connectivity index is 1.70. The number of rotatable bonds is 5. The highest BCUT2D eigenvalue weighted by molar-refractivity contribution is 7.99. The van der Waals surface area contributed by atoms with Gasteiger partial charge in [-0.25, -0.2) is 4.98 Å². The highest BCUT2D eigenvalue weighted by atomic mass is 35.5. The Morgan fingerprint density at radius 3 is 2.86 bits per heavy atom. The number of fused-ring (bicyclic) bond motifs is 1. The van der Waals surface area contributed by atoms with Crippen molar-refractivity contribution in [3.63, 3.8) is 0 Å². The summed E-state index contributed by atoms with van der Waals surface area (Å²) in [6.45, 7) is 3.95. The van der Waals surface area contributed by atoms with E-state index in [-0.39, 0.29) is 5.91 Å². The molecule has 28 heavy (non-hydrogen) atoms. The van der Waals surface area contributed by atoms with Gasteiger partial charge < -0.3 is 5.32 Å².